The van der Waals surface area contributed by atoms with E-state index < -0.39 is 0 Å². The van der Waals surface area contributed by atoms with E-state index in [4.69, 9.17) is 9.47 Å². The quantitative estimate of drug-likeness (QED) is 0.643. The zero-order valence-electron chi connectivity index (χ0n) is 13.6. The molecule has 1 N–H and O–H groups in total. The van der Waals surface area contributed by atoms with Crippen LogP contribution < -0.4 is 14.8 Å². The van der Waals surface area contributed by atoms with Crippen molar-refractivity contribution in [1.29, 1.82) is 0 Å². The lowest BCUT2D eigenvalue weighted by Gasteiger charge is -2.06. The van der Waals surface area contributed by atoms with Gasteiger partial charge in [-0.2, -0.15) is 0 Å². The number of carbonyl (C=O) groups is 1. The molecule has 25 heavy (non-hydrogen) atoms. The van der Waals surface area contributed by atoms with Crippen molar-refractivity contribution >= 4 is 38.3 Å². The predicted octanol–water partition coefficient (Wildman–Crippen LogP) is 4.84. The van der Waals surface area contributed by atoms with Crippen LogP contribution in [-0.4, -0.2) is 25.1 Å². The zero-order valence-corrected chi connectivity index (χ0v) is 16.0. The van der Waals surface area contributed by atoms with Gasteiger partial charge in [0.05, 0.1) is 25.5 Å². The largest absolute Gasteiger partial charge is 0.497 e. The Labute approximate surface area is 157 Å². The van der Waals surface area contributed by atoms with E-state index in [1.165, 1.54) is 11.3 Å². The zero-order chi connectivity index (χ0) is 17.8. The van der Waals surface area contributed by atoms with Crippen LogP contribution in [0.4, 0.5) is 5.13 Å². The molecule has 0 aliphatic carbocycles. The lowest BCUT2D eigenvalue weighted by molar-refractivity contribution is 0.102. The third kappa shape index (κ3) is 4.00. The van der Waals surface area contributed by atoms with Gasteiger partial charge in [0.25, 0.3) is 5.91 Å². The summed E-state index contributed by atoms with van der Waals surface area (Å²) < 4.78 is 11.0. The van der Waals surface area contributed by atoms with Crippen molar-refractivity contribution in [3.63, 3.8) is 0 Å². The Balaban J connectivity index is 1.77. The molecule has 0 saturated carbocycles. The summed E-state index contributed by atoms with van der Waals surface area (Å²) in [6.45, 7) is 0. The molecular weight excluding hydrogens is 404 g/mol. The van der Waals surface area contributed by atoms with E-state index in [1.54, 1.807) is 32.4 Å². The summed E-state index contributed by atoms with van der Waals surface area (Å²) in [5, 5.41) is 5.26. The number of halogens is 1. The van der Waals surface area contributed by atoms with Crippen molar-refractivity contribution < 1.29 is 14.3 Å². The monoisotopic (exact) mass is 418 g/mol. The number of hydrogen-bond acceptors (Lipinski definition) is 5. The minimum atomic E-state index is -0.249. The maximum Gasteiger partial charge on any atom is 0.258 e. The number of carbonyl (C=O) groups excluding carboxylic acids is 1. The summed E-state index contributed by atoms with van der Waals surface area (Å²) in [6.07, 6.45) is 0. The van der Waals surface area contributed by atoms with Gasteiger partial charge in [-0.3, -0.25) is 10.1 Å². The Morgan fingerprint density at radius 2 is 1.76 bits per heavy atom. The predicted molar refractivity (Wildman–Crippen MR) is 103 cm³/mol. The number of thiazole rings is 1. The van der Waals surface area contributed by atoms with E-state index >= 15 is 0 Å². The molecule has 0 radical (unpaired) electrons. The van der Waals surface area contributed by atoms with E-state index in [1.807, 2.05) is 29.6 Å². The van der Waals surface area contributed by atoms with Gasteiger partial charge in [0.1, 0.15) is 11.5 Å². The van der Waals surface area contributed by atoms with Crippen molar-refractivity contribution in [1.82, 2.24) is 4.98 Å². The van der Waals surface area contributed by atoms with Crippen LogP contribution in [0.1, 0.15) is 10.4 Å². The van der Waals surface area contributed by atoms with Crippen LogP contribution in [0, 0.1) is 0 Å². The second-order valence-corrected chi connectivity index (χ2v) is 6.78. The average Bonchev–Trinajstić information content (AvgIpc) is 3.10. The van der Waals surface area contributed by atoms with Crippen LogP contribution in [0.2, 0.25) is 0 Å². The van der Waals surface area contributed by atoms with E-state index in [0.29, 0.717) is 20.9 Å². The Morgan fingerprint density at radius 3 is 2.44 bits per heavy atom. The van der Waals surface area contributed by atoms with E-state index in [-0.39, 0.29) is 5.91 Å². The highest BCUT2D eigenvalue weighted by Crippen LogP contribution is 2.28. The summed E-state index contributed by atoms with van der Waals surface area (Å²) in [7, 11) is 3.19. The third-order valence-corrected chi connectivity index (χ3v) is 4.98. The number of benzene rings is 2. The van der Waals surface area contributed by atoms with E-state index in [9.17, 15) is 4.79 Å². The van der Waals surface area contributed by atoms with Crippen molar-refractivity contribution in [3.05, 3.63) is 57.9 Å². The molecule has 128 valence electrons. The minimum Gasteiger partial charge on any atom is -0.497 e. The normalized spacial score (nSPS) is 10.4. The summed E-state index contributed by atoms with van der Waals surface area (Å²) in [6, 6.07) is 12.8. The Hall–Kier alpha value is -2.38. The molecule has 0 unspecified atom stereocenters. The fourth-order valence-electron chi connectivity index (χ4n) is 2.20. The molecule has 2 aromatic carbocycles. The number of aromatic nitrogens is 1. The Kier molecular flexibility index (Phi) is 5.35. The van der Waals surface area contributed by atoms with E-state index in [0.717, 1.165) is 17.0 Å². The molecule has 3 aromatic rings. The molecular formula is C18H15BrN2O3S. The van der Waals surface area contributed by atoms with Gasteiger partial charge in [-0.25, -0.2) is 4.98 Å². The molecule has 1 aromatic heterocycles. The van der Waals surface area contributed by atoms with E-state index in [2.05, 4.69) is 26.2 Å². The lowest BCUT2D eigenvalue weighted by atomic mass is 10.2. The van der Waals surface area contributed by atoms with Gasteiger partial charge < -0.3 is 9.47 Å². The van der Waals surface area contributed by atoms with Gasteiger partial charge in [0, 0.05) is 15.4 Å². The van der Waals surface area contributed by atoms with Gasteiger partial charge in [-0.05, 0) is 58.4 Å². The molecule has 3 rings (SSSR count). The van der Waals surface area contributed by atoms with Gasteiger partial charge >= 0.3 is 0 Å². The van der Waals surface area contributed by atoms with Crippen LogP contribution in [0.25, 0.3) is 11.3 Å². The molecule has 0 aliphatic heterocycles. The molecule has 5 nitrogen and oxygen atoms in total. The Bertz CT molecular complexity index is 894. The number of hydrogen-bond donors (Lipinski definition) is 1. The van der Waals surface area contributed by atoms with Crippen LogP contribution in [0.5, 0.6) is 11.5 Å². The number of nitrogens with one attached hydrogen (secondary N) is 1. The fraction of sp³-hybridized carbons (Fsp3) is 0.111. The summed E-state index contributed by atoms with van der Waals surface area (Å²) >= 11 is 4.76. The molecule has 7 heteroatoms. The number of methoxy groups -OCH3 is 2. The van der Waals surface area contributed by atoms with Gasteiger partial charge in [-0.15, -0.1) is 11.3 Å². The van der Waals surface area contributed by atoms with Gasteiger partial charge in [0.15, 0.2) is 5.13 Å². The highest BCUT2D eigenvalue weighted by atomic mass is 79.9. The smallest absolute Gasteiger partial charge is 0.258 e. The number of nitrogens with zero attached hydrogens (tertiary/aromatic N) is 1. The summed E-state index contributed by atoms with van der Waals surface area (Å²) in [4.78, 5) is 17.0. The van der Waals surface area contributed by atoms with Gasteiger partial charge in [0.2, 0.25) is 0 Å². The highest BCUT2D eigenvalue weighted by molar-refractivity contribution is 9.10. The number of anilines is 1. The number of amides is 1. The molecule has 1 heterocycles. The van der Waals surface area contributed by atoms with Crippen molar-refractivity contribution in [2.24, 2.45) is 0 Å². The van der Waals surface area contributed by atoms with Crippen LogP contribution in [-0.2, 0) is 0 Å². The average molecular weight is 419 g/mol. The molecule has 0 bridgehead atoms. The lowest BCUT2D eigenvalue weighted by Crippen LogP contribution is -2.12. The first kappa shape index (κ1) is 17.4. The molecule has 0 aliphatic rings. The molecule has 0 atom stereocenters. The highest BCUT2D eigenvalue weighted by Gasteiger charge is 2.14. The molecule has 0 fully saturated rings. The fourth-order valence-corrected chi connectivity index (χ4v) is 3.34. The molecule has 1 amide bonds. The minimum absolute atomic E-state index is 0.249. The first-order valence-corrected chi connectivity index (χ1v) is 9.03. The van der Waals surface area contributed by atoms with Crippen LogP contribution >= 0.6 is 27.3 Å². The topological polar surface area (TPSA) is 60.5 Å². The summed E-state index contributed by atoms with van der Waals surface area (Å²) in [5.74, 6) is 1.16. The maximum absolute atomic E-state index is 12.5. The number of ether oxygens (including phenoxy) is 2. The SMILES string of the molecule is COc1ccc(-c2csc(NC(=O)c3cc(OC)ccc3Br)n2)cc1. The second kappa shape index (κ2) is 7.67. The molecule has 0 saturated heterocycles. The number of rotatable bonds is 5. The Morgan fingerprint density at radius 1 is 1.08 bits per heavy atom. The van der Waals surface area contributed by atoms with Gasteiger partial charge in [-0.1, -0.05) is 0 Å². The standard InChI is InChI=1S/C18H15BrN2O3S/c1-23-12-5-3-11(4-6-12)16-10-25-18(20-16)21-17(22)14-9-13(24-2)7-8-15(14)19/h3-10H,1-2H3,(H,20,21,22). The maximum atomic E-state index is 12.5. The van der Waals surface area contributed by atoms with Crippen molar-refractivity contribution in [2.45, 2.75) is 0 Å². The van der Waals surface area contributed by atoms with Crippen LogP contribution in [0.15, 0.2) is 52.3 Å². The van der Waals surface area contributed by atoms with Crippen LogP contribution in [0.3, 0.4) is 0 Å². The molecule has 0 spiro atoms. The third-order valence-electron chi connectivity index (χ3n) is 3.53. The van der Waals surface area contributed by atoms with Crippen molar-refractivity contribution in [3.8, 4) is 22.8 Å². The summed E-state index contributed by atoms with van der Waals surface area (Å²) in [5.41, 5.74) is 2.24. The second-order valence-electron chi connectivity index (χ2n) is 5.07. The van der Waals surface area contributed by atoms with Crippen molar-refractivity contribution in [2.75, 3.05) is 19.5 Å². The first-order chi connectivity index (χ1) is 12.1. The first-order valence-electron chi connectivity index (χ1n) is 7.35.